The molecule has 0 heterocycles. The van der Waals surface area contributed by atoms with Crippen LogP contribution in [-0.4, -0.2) is 35.1 Å². The third-order valence-electron chi connectivity index (χ3n) is 7.19. The van der Waals surface area contributed by atoms with Crippen molar-refractivity contribution in [3.05, 3.63) is 0 Å². The van der Waals surface area contributed by atoms with E-state index in [2.05, 4.69) is 20.8 Å². The topological polar surface area (TPSA) is 49.7 Å². The number of hydrogen-bond donors (Lipinski definition) is 2. The van der Waals surface area contributed by atoms with Gasteiger partial charge in [-0.25, -0.2) is 0 Å². The third-order valence-corrected chi connectivity index (χ3v) is 7.19. The number of fused-ring (bicyclic) bond motifs is 1. The van der Waals surface area contributed by atoms with E-state index < -0.39 is 5.60 Å². The Morgan fingerprint density at radius 1 is 1.09 bits per heavy atom. The summed E-state index contributed by atoms with van der Waals surface area (Å²) in [4.78, 5) is 0. The molecule has 2 aliphatic rings. The molecule has 3 nitrogen and oxygen atoms in total. The number of rotatable bonds is 7. The summed E-state index contributed by atoms with van der Waals surface area (Å²) in [5.74, 6) is 1.05. The first-order chi connectivity index (χ1) is 10.7. The van der Waals surface area contributed by atoms with Crippen LogP contribution in [0.1, 0.15) is 79.6 Å². The highest BCUT2D eigenvalue weighted by Gasteiger charge is 2.55. The molecule has 0 spiro atoms. The van der Waals surface area contributed by atoms with Crippen molar-refractivity contribution in [1.29, 1.82) is 0 Å². The lowest BCUT2D eigenvalue weighted by Gasteiger charge is -2.48. The molecule has 0 aliphatic heterocycles. The Hall–Kier alpha value is -0.120. The summed E-state index contributed by atoms with van der Waals surface area (Å²) in [5, 5.41) is 20.8. The minimum absolute atomic E-state index is 0.0863. The molecule has 0 aromatic rings. The van der Waals surface area contributed by atoms with Crippen LogP contribution in [0.15, 0.2) is 0 Å². The van der Waals surface area contributed by atoms with Crippen LogP contribution in [0.25, 0.3) is 0 Å². The van der Waals surface area contributed by atoms with Gasteiger partial charge in [-0.2, -0.15) is 0 Å². The van der Waals surface area contributed by atoms with Crippen molar-refractivity contribution in [2.75, 3.05) is 13.2 Å². The fraction of sp³-hybridized carbons (Fsp3) is 1.00. The molecule has 0 aromatic carbocycles. The van der Waals surface area contributed by atoms with Crippen LogP contribution in [0, 0.1) is 22.7 Å². The second-order valence-corrected chi connectivity index (χ2v) is 9.11. The Labute approximate surface area is 142 Å². The van der Waals surface area contributed by atoms with E-state index in [0.29, 0.717) is 25.0 Å². The molecule has 0 aromatic heterocycles. The Morgan fingerprint density at radius 3 is 2.35 bits per heavy atom. The SMILES string of the molecule is CCC(O)(CC)COCC(C)(C)[C@H]1CC[C@H]2[C@@H](O)CCC[C@]12C. The van der Waals surface area contributed by atoms with Gasteiger partial charge in [-0.1, -0.05) is 41.0 Å². The lowest BCUT2D eigenvalue weighted by Crippen LogP contribution is -2.46. The maximum Gasteiger partial charge on any atom is 0.0874 e. The van der Waals surface area contributed by atoms with E-state index in [0.717, 1.165) is 32.1 Å². The van der Waals surface area contributed by atoms with Gasteiger partial charge in [0.25, 0.3) is 0 Å². The van der Waals surface area contributed by atoms with Crippen molar-refractivity contribution in [3.63, 3.8) is 0 Å². The minimum Gasteiger partial charge on any atom is -0.393 e. The monoisotopic (exact) mass is 326 g/mol. The highest BCUT2D eigenvalue weighted by Crippen LogP contribution is 2.60. The van der Waals surface area contributed by atoms with Gasteiger partial charge < -0.3 is 14.9 Å². The average molecular weight is 327 g/mol. The molecule has 2 aliphatic carbocycles. The lowest BCUT2D eigenvalue weighted by atomic mass is 9.58. The number of aliphatic hydroxyl groups is 2. The normalized spacial score (nSPS) is 35.3. The van der Waals surface area contributed by atoms with Crippen LogP contribution in [-0.2, 0) is 4.74 Å². The molecule has 0 radical (unpaired) electrons. The summed E-state index contributed by atoms with van der Waals surface area (Å²) in [7, 11) is 0. The highest BCUT2D eigenvalue weighted by molar-refractivity contribution is 5.04. The Balaban J connectivity index is 1.99. The summed E-state index contributed by atoms with van der Waals surface area (Å²) < 4.78 is 6.00. The maximum absolute atomic E-state index is 10.4. The van der Waals surface area contributed by atoms with Crippen molar-refractivity contribution < 1.29 is 14.9 Å². The summed E-state index contributed by atoms with van der Waals surface area (Å²) in [5.41, 5.74) is -0.349. The maximum atomic E-state index is 10.4. The van der Waals surface area contributed by atoms with Gasteiger partial charge in [0.1, 0.15) is 0 Å². The van der Waals surface area contributed by atoms with Gasteiger partial charge in [0.15, 0.2) is 0 Å². The van der Waals surface area contributed by atoms with Gasteiger partial charge in [0, 0.05) is 0 Å². The zero-order valence-corrected chi connectivity index (χ0v) is 15.9. The van der Waals surface area contributed by atoms with E-state index in [4.69, 9.17) is 4.74 Å². The second-order valence-electron chi connectivity index (χ2n) is 9.11. The standard InChI is InChI=1S/C20H38O3/c1-6-20(22,7-2)14-23-13-18(3,4)17-11-10-15-16(21)9-8-12-19(15,17)5/h15-17,21-22H,6-14H2,1-5H3/t15-,16-,17+,19-/m0/s1. The number of ether oxygens (including phenoxy) is 1. The quantitative estimate of drug-likeness (QED) is 0.738. The molecule has 2 N–H and O–H groups in total. The molecule has 2 saturated carbocycles. The summed E-state index contributed by atoms with van der Waals surface area (Å²) in [6, 6.07) is 0. The fourth-order valence-electron chi connectivity index (χ4n) is 5.49. The third kappa shape index (κ3) is 3.77. The number of hydrogen-bond acceptors (Lipinski definition) is 3. The number of aliphatic hydroxyl groups excluding tert-OH is 1. The first-order valence-corrected chi connectivity index (χ1v) is 9.67. The predicted octanol–water partition coefficient (Wildman–Crippen LogP) is 4.16. The first kappa shape index (κ1) is 19.2. The molecule has 0 bridgehead atoms. The van der Waals surface area contributed by atoms with Gasteiger partial charge in [-0.05, 0) is 61.2 Å². The zero-order valence-electron chi connectivity index (χ0n) is 15.9. The second kappa shape index (κ2) is 7.01. The summed E-state index contributed by atoms with van der Waals surface area (Å²) in [6.45, 7) is 12.2. The predicted molar refractivity (Wildman–Crippen MR) is 94.3 cm³/mol. The largest absolute Gasteiger partial charge is 0.393 e. The summed E-state index contributed by atoms with van der Waals surface area (Å²) >= 11 is 0. The molecule has 2 fully saturated rings. The molecule has 3 heteroatoms. The van der Waals surface area contributed by atoms with Crippen LogP contribution in [0.5, 0.6) is 0 Å². The van der Waals surface area contributed by atoms with E-state index in [-0.39, 0.29) is 16.9 Å². The molecule has 0 saturated heterocycles. The van der Waals surface area contributed by atoms with Crippen molar-refractivity contribution in [3.8, 4) is 0 Å². The molecule has 2 rings (SSSR count). The molecular weight excluding hydrogens is 288 g/mol. The van der Waals surface area contributed by atoms with Crippen LogP contribution in [0.3, 0.4) is 0 Å². The molecule has 0 amide bonds. The minimum atomic E-state index is -0.681. The molecule has 0 unspecified atom stereocenters. The van der Waals surface area contributed by atoms with E-state index in [9.17, 15) is 10.2 Å². The Bertz CT molecular complexity index is 388. The van der Waals surface area contributed by atoms with Crippen LogP contribution >= 0.6 is 0 Å². The van der Waals surface area contributed by atoms with Crippen LogP contribution in [0.4, 0.5) is 0 Å². The van der Waals surface area contributed by atoms with Crippen molar-refractivity contribution in [1.82, 2.24) is 0 Å². The average Bonchev–Trinajstić information content (AvgIpc) is 2.86. The van der Waals surface area contributed by atoms with Gasteiger partial charge >= 0.3 is 0 Å². The first-order valence-electron chi connectivity index (χ1n) is 9.67. The molecular formula is C20H38O3. The Kier molecular flexibility index (Phi) is 5.86. The molecule has 136 valence electrons. The van der Waals surface area contributed by atoms with E-state index in [1.54, 1.807) is 0 Å². The lowest BCUT2D eigenvalue weighted by molar-refractivity contribution is -0.0963. The van der Waals surface area contributed by atoms with Gasteiger partial charge in [0.2, 0.25) is 0 Å². The highest BCUT2D eigenvalue weighted by atomic mass is 16.5. The van der Waals surface area contributed by atoms with Crippen molar-refractivity contribution in [2.45, 2.75) is 91.3 Å². The van der Waals surface area contributed by atoms with Crippen LogP contribution < -0.4 is 0 Å². The van der Waals surface area contributed by atoms with Crippen molar-refractivity contribution >= 4 is 0 Å². The van der Waals surface area contributed by atoms with E-state index >= 15 is 0 Å². The van der Waals surface area contributed by atoms with Gasteiger partial charge in [-0.3, -0.25) is 0 Å². The molecule has 23 heavy (non-hydrogen) atoms. The van der Waals surface area contributed by atoms with Gasteiger partial charge in [0.05, 0.1) is 24.9 Å². The fourth-order valence-corrected chi connectivity index (χ4v) is 5.49. The van der Waals surface area contributed by atoms with Crippen molar-refractivity contribution in [2.24, 2.45) is 22.7 Å². The van der Waals surface area contributed by atoms with Crippen LogP contribution in [0.2, 0.25) is 0 Å². The molecule has 4 atom stereocenters. The zero-order chi connectivity index (χ0) is 17.3. The smallest absolute Gasteiger partial charge is 0.0874 e. The Morgan fingerprint density at radius 2 is 1.74 bits per heavy atom. The van der Waals surface area contributed by atoms with E-state index in [1.165, 1.54) is 12.8 Å². The van der Waals surface area contributed by atoms with E-state index in [1.807, 2.05) is 13.8 Å². The van der Waals surface area contributed by atoms with Gasteiger partial charge in [-0.15, -0.1) is 0 Å². The summed E-state index contributed by atoms with van der Waals surface area (Å²) in [6.07, 6.45) is 7.06.